The van der Waals surface area contributed by atoms with Crippen LogP contribution in [0.3, 0.4) is 0 Å². The second kappa shape index (κ2) is 11.1. The van der Waals surface area contributed by atoms with Gasteiger partial charge in [-0.05, 0) is 55.9 Å². The summed E-state index contributed by atoms with van der Waals surface area (Å²) in [6.07, 6.45) is 3.18. The predicted molar refractivity (Wildman–Crippen MR) is 162 cm³/mol. The highest BCUT2D eigenvalue weighted by Gasteiger charge is 2.18. The number of fused-ring (bicyclic) bond motifs is 2. The molecule has 5 aromatic rings. The van der Waals surface area contributed by atoms with Crippen LogP contribution in [0.5, 0.6) is 5.75 Å². The highest BCUT2D eigenvalue weighted by atomic mass is 32.1. The number of nitrogens with zero attached hydrogens (tertiary/aromatic N) is 4. The van der Waals surface area contributed by atoms with E-state index in [9.17, 15) is 4.79 Å². The molecule has 200 valence electrons. The minimum atomic E-state index is -0.299. The highest BCUT2D eigenvalue weighted by Crippen LogP contribution is 2.39. The number of thiophene rings is 1. The van der Waals surface area contributed by atoms with Gasteiger partial charge in [-0.1, -0.05) is 12.6 Å². The topological polar surface area (TPSA) is 98.4 Å². The van der Waals surface area contributed by atoms with E-state index in [2.05, 4.69) is 50.2 Å². The molecular weight excluding hydrogens is 510 g/mol. The first-order valence-corrected chi connectivity index (χ1v) is 13.4. The molecule has 9 nitrogen and oxygen atoms in total. The van der Waals surface area contributed by atoms with Gasteiger partial charge < -0.3 is 30.2 Å². The second-order valence-corrected chi connectivity index (χ2v) is 10.3. The summed E-state index contributed by atoms with van der Waals surface area (Å²) in [5.41, 5.74) is 5.85. The molecule has 0 aliphatic heterocycles. The van der Waals surface area contributed by atoms with Crippen molar-refractivity contribution >= 4 is 61.4 Å². The number of aromatic amines is 1. The van der Waals surface area contributed by atoms with Crippen LogP contribution >= 0.6 is 11.3 Å². The van der Waals surface area contributed by atoms with Gasteiger partial charge in [0.1, 0.15) is 5.75 Å². The number of aromatic nitrogens is 3. The molecule has 2 aromatic carbocycles. The lowest BCUT2D eigenvalue weighted by Gasteiger charge is -2.26. The van der Waals surface area contributed by atoms with Crippen molar-refractivity contribution in [1.82, 2.24) is 19.9 Å². The van der Waals surface area contributed by atoms with Gasteiger partial charge in [0.25, 0.3) is 0 Å². The van der Waals surface area contributed by atoms with E-state index in [0.29, 0.717) is 23.1 Å². The van der Waals surface area contributed by atoms with E-state index < -0.39 is 0 Å². The van der Waals surface area contributed by atoms with Crippen molar-refractivity contribution in [2.24, 2.45) is 0 Å². The maximum atomic E-state index is 12.3. The van der Waals surface area contributed by atoms with Crippen LogP contribution in [0.25, 0.3) is 32.4 Å². The van der Waals surface area contributed by atoms with Crippen LogP contribution < -0.4 is 20.3 Å². The SMILES string of the molecule is C=CC(=O)Nc1cc(Nc2nc(-c3ccc4[nH]ccc4c3)c3sccc3n2)c(OC)cc1N(C)CCN(C)C. The number of carbonyl (C=O) groups excluding carboxylic acids is 1. The van der Waals surface area contributed by atoms with Crippen molar-refractivity contribution in [3.8, 4) is 17.0 Å². The van der Waals surface area contributed by atoms with Crippen LogP contribution in [0.15, 0.2) is 66.7 Å². The fourth-order valence-corrected chi connectivity index (χ4v) is 5.18. The fourth-order valence-electron chi connectivity index (χ4n) is 4.34. The monoisotopic (exact) mass is 541 g/mol. The Balaban J connectivity index is 1.56. The summed E-state index contributed by atoms with van der Waals surface area (Å²) < 4.78 is 6.77. The van der Waals surface area contributed by atoms with Crippen molar-refractivity contribution in [3.63, 3.8) is 0 Å². The molecule has 3 heterocycles. The quantitative estimate of drug-likeness (QED) is 0.195. The Hall–Kier alpha value is -4.41. The van der Waals surface area contributed by atoms with Crippen LogP contribution in [0.1, 0.15) is 0 Å². The molecule has 5 rings (SSSR count). The van der Waals surface area contributed by atoms with E-state index in [0.717, 1.165) is 51.2 Å². The van der Waals surface area contributed by atoms with Crippen LogP contribution in [0.2, 0.25) is 0 Å². The maximum Gasteiger partial charge on any atom is 0.247 e. The van der Waals surface area contributed by atoms with Crippen molar-refractivity contribution in [2.75, 3.05) is 56.9 Å². The highest BCUT2D eigenvalue weighted by molar-refractivity contribution is 7.17. The minimum absolute atomic E-state index is 0.299. The number of hydrogen-bond acceptors (Lipinski definition) is 8. The van der Waals surface area contributed by atoms with E-state index >= 15 is 0 Å². The Bertz CT molecular complexity index is 1660. The molecular formula is C29H31N7O2S. The number of methoxy groups -OCH3 is 1. The van der Waals surface area contributed by atoms with Gasteiger partial charge in [0.2, 0.25) is 11.9 Å². The number of amides is 1. The minimum Gasteiger partial charge on any atom is -0.494 e. The van der Waals surface area contributed by atoms with E-state index in [-0.39, 0.29) is 5.91 Å². The molecule has 1 amide bonds. The number of anilines is 4. The summed E-state index contributed by atoms with van der Waals surface area (Å²) in [5, 5.41) is 9.41. The molecule has 3 aromatic heterocycles. The average molecular weight is 542 g/mol. The number of nitrogens with one attached hydrogen (secondary N) is 3. The largest absolute Gasteiger partial charge is 0.494 e. The number of ether oxygens (including phenoxy) is 1. The molecule has 0 fully saturated rings. The maximum absolute atomic E-state index is 12.3. The molecule has 0 spiro atoms. The van der Waals surface area contributed by atoms with Crippen LogP contribution in [-0.2, 0) is 4.79 Å². The van der Waals surface area contributed by atoms with Gasteiger partial charge in [0.15, 0.2) is 0 Å². The third-order valence-electron chi connectivity index (χ3n) is 6.43. The van der Waals surface area contributed by atoms with Gasteiger partial charge in [0.05, 0.1) is 40.1 Å². The summed E-state index contributed by atoms with van der Waals surface area (Å²) in [5.74, 6) is 0.729. The summed E-state index contributed by atoms with van der Waals surface area (Å²) in [6.45, 7) is 5.20. The molecule has 10 heteroatoms. The molecule has 0 unspecified atom stereocenters. The normalized spacial score (nSPS) is 11.2. The number of benzene rings is 2. The first-order valence-electron chi connectivity index (χ1n) is 12.5. The van der Waals surface area contributed by atoms with E-state index in [1.807, 2.05) is 57.0 Å². The third-order valence-corrected chi connectivity index (χ3v) is 7.34. The van der Waals surface area contributed by atoms with Gasteiger partial charge in [-0.15, -0.1) is 11.3 Å². The zero-order chi connectivity index (χ0) is 27.5. The summed E-state index contributed by atoms with van der Waals surface area (Å²) in [7, 11) is 7.65. The van der Waals surface area contributed by atoms with Gasteiger partial charge in [-0.2, -0.15) is 0 Å². The van der Waals surface area contributed by atoms with Crippen LogP contribution in [-0.4, -0.2) is 67.1 Å². The Morgan fingerprint density at radius 3 is 2.72 bits per heavy atom. The van der Waals surface area contributed by atoms with Gasteiger partial charge in [0, 0.05) is 48.9 Å². The van der Waals surface area contributed by atoms with E-state index in [4.69, 9.17) is 14.7 Å². The van der Waals surface area contributed by atoms with Crippen molar-refractivity contribution in [3.05, 3.63) is 66.7 Å². The lowest BCUT2D eigenvalue weighted by Crippen LogP contribution is -2.29. The van der Waals surface area contributed by atoms with Crippen molar-refractivity contribution in [1.29, 1.82) is 0 Å². The summed E-state index contributed by atoms with van der Waals surface area (Å²) in [6, 6.07) is 14.0. The molecule has 0 saturated heterocycles. The number of likely N-dealkylation sites (N-methyl/N-ethyl adjacent to an activating group) is 2. The average Bonchev–Trinajstić information content (AvgIpc) is 3.60. The van der Waals surface area contributed by atoms with E-state index in [1.54, 1.807) is 18.4 Å². The number of hydrogen-bond donors (Lipinski definition) is 3. The van der Waals surface area contributed by atoms with E-state index in [1.165, 1.54) is 6.08 Å². The summed E-state index contributed by atoms with van der Waals surface area (Å²) >= 11 is 1.61. The molecule has 0 saturated carbocycles. The predicted octanol–water partition coefficient (Wildman–Crippen LogP) is 5.71. The lowest BCUT2D eigenvalue weighted by molar-refractivity contribution is -0.111. The molecule has 39 heavy (non-hydrogen) atoms. The van der Waals surface area contributed by atoms with Crippen LogP contribution in [0.4, 0.5) is 23.0 Å². The fraction of sp³-hybridized carbons (Fsp3) is 0.207. The number of carbonyl (C=O) groups is 1. The molecule has 0 radical (unpaired) electrons. The van der Waals surface area contributed by atoms with Crippen molar-refractivity contribution in [2.45, 2.75) is 0 Å². The van der Waals surface area contributed by atoms with Gasteiger partial charge in [-0.3, -0.25) is 4.79 Å². The third kappa shape index (κ3) is 5.57. The smallest absolute Gasteiger partial charge is 0.247 e. The standard InChI is InChI=1S/C29H31N7O2S/c1-6-26(37)31-22-16-23(25(38-5)17-24(22)36(4)13-12-35(2)3)33-29-32-21-10-14-39-28(21)27(34-29)19-7-8-20-18(15-19)9-11-30-20/h6-11,14-17,30H,1,12-13H2,2-5H3,(H,31,37)(H,32,33,34). The zero-order valence-corrected chi connectivity index (χ0v) is 23.2. The second-order valence-electron chi connectivity index (χ2n) is 9.42. The summed E-state index contributed by atoms with van der Waals surface area (Å²) in [4.78, 5) is 29.4. The molecule has 0 atom stereocenters. The first kappa shape index (κ1) is 26.2. The van der Waals surface area contributed by atoms with Gasteiger partial charge in [-0.25, -0.2) is 9.97 Å². The first-order chi connectivity index (χ1) is 18.9. The Morgan fingerprint density at radius 2 is 1.95 bits per heavy atom. The number of H-pyrrole nitrogens is 1. The molecule has 0 aliphatic rings. The van der Waals surface area contributed by atoms with Gasteiger partial charge >= 0.3 is 0 Å². The Kier molecular flexibility index (Phi) is 7.49. The van der Waals surface area contributed by atoms with Crippen molar-refractivity contribution < 1.29 is 9.53 Å². The molecule has 0 aliphatic carbocycles. The Morgan fingerprint density at radius 1 is 1.10 bits per heavy atom. The molecule has 3 N–H and O–H groups in total. The molecule has 0 bridgehead atoms. The zero-order valence-electron chi connectivity index (χ0n) is 22.4. The number of rotatable bonds is 10. The Labute approximate surface area is 231 Å². The lowest BCUT2D eigenvalue weighted by atomic mass is 10.1. The van der Waals surface area contributed by atoms with Crippen LogP contribution in [0, 0.1) is 0 Å².